The fourth-order valence-electron chi connectivity index (χ4n) is 4.55. The highest BCUT2D eigenvalue weighted by molar-refractivity contribution is 7.99. The largest absolute Gasteiger partial charge is 0.351 e. The Balaban J connectivity index is 1.41. The van der Waals surface area contributed by atoms with E-state index in [1.807, 2.05) is 6.92 Å². The maximum atomic E-state index is 13.5. The normalized spacial score (nSPS) is 12.0. The summed E-state index contributed by atoms with van der Waals surface area (Å²) in [7, 11) is -1.60. The Bertz CT molecular complexity index is 1920. The lowest BCUT2D eigenvalue weighted by atomic mass is 10.1. The van der Waals surface area contributed by atoms with Gasteiger partial charge in [-0.15, -0.1) is 0 Å². The summed E-state index contributed by atoms with van der Waals surface area (Å²) in [6.45, 7) is 8.90. The zero-order chi connectivity index (χ0) is 33.3. The molecule has 4 aromatic rings. The van der Waals surface area contributed by atoms with Crippen molar-refractivity contribution in [2.75, 3.05) is 31.5 Å². The summed E-state index contributed by atoms with van der Waals surface area (Å²) in [6, 6.07) is 16.5. The number of nitrogens with one attached hydrogen (secondary N) is 3. The summed E-state index contributed by atoms with van der Waals surface area (Å²) in [5.74, 6) is 8.48. The first kappa shape index (κ1) is 33.6. The Hall–Kier alpha value is -5.25. The first-order valence-corrected chi connectivity index (χ1v) is 16.4. The fraction of sp³-hybridized carbons (Fsp3) is 0.235. The molecule has 46 heavy (non-hydrogen) atoms. The van der Waals surface area contributed by atoms with Gasteiger partial charge >= 0.3 is 0 Å². The highest BCUT2D eigenvalue weighted by atomic mass is 32.2. The third-order valence-electron chi connectivity index (χ3n) is 7.05. The summed E-state index contributed by atoms with van der Waals surface area (Å²) in [4.78, 5) is 44.9. The molecule has 11 nitrogen and oxygen atoms in total. The Morgan fingerprint density at radius 2 is 1.65 bits per heavy atom. The number of anilines is 1. The number of amides is 3. The van der Waals surface area contributed by atoms with E-state index >= 15 is 0 Å². The third kappa shape index (κ3) is 8.90. The molecule has 3 amide bonds. The molecule has 1 unspecified atom stereocenters. The molecule has 0 saturated carbocycles. The molecule has 0 radical (unpaired) electrons. The zero-order valence-corrected chi connectivity index (χ0v) is 27.1. The van der Waals surface area contributed by atoms with E-state index in [9.17, 15) is 18.6 Å². The minimum atomic E-state index is -3.30. The molecular weight excluding hydrogens is 602 g/mol. The van der Waals surface area contributed by atoms with Crippen LogP contribution in [0.15, 0.2) is 78.0 Å². The van der Waals surface area contributed by atoms with E-state index in [-0.39, 0.29) is 22.3 Å². The van der Waals surface area contributed by atoms with Crippen LogP contribution in [0.25, 0.3) is 0 Å². The number of pyridine rings is 1. The molecule has 238 valence electrons. The Morgan fingerprint density at radius 1 is 0.913 bits per heavy atom. The van der Waals surface area contributed by atoms with Gasteiger partial charge in [-0.1, -0.05) is 37.8 Å². The zero-order valence-electron chi connectivity index (χ0n) is 26.3. The van der Waals surface area contributed by atoms with Crippen molar-refractivity contribution in [1.82, 2.24) is 29.7 Å². The van der Waals surface area contributed by atoms with E-state index in [0.717, 1.165) is 25.3 Å². The number of likely N-dealkylation sites (N-methyl/N-ethyl adjacent to an activating group) is 1. The summed E-state index contributed by atoms with van der Waals surface area (Å²) < 4.78 is 17.5. The molecule has 0 fully saturated rings. The highest BCUT2D eigenvalue weighted by Gasteiger charge is 2.17. The van der Waals surface area contributed by atoms with Gasteiger partial charge in [-0.2, -0.15) is 5.10 Å². The van der Waals surface area contributed by atoms with Gasteiger partial charge in [0.25, 0.3) is 17.7 Å². The lowest BCUT2D eigenvalue weighted by Crippen LogP contribution is -2.35. The minimum absolute atomic E-state index is 0.140. The monoisotopic (exact) mass is 639 g/mol. The van der Waals surface area contributed by atoms with Crippen molar-refractivity contribution in [3.8, 4) is 11.8 Å². The van der Waals surface area contributed by atoms with Crippen LogP contribution in [-0.4, -0.2) is 73.6 Å². The van der Waals surface area contributed by atoms with Crippen molar-refractivity contribution in [2.24, 2.45) is 7.05 Å². The van der Waals surface area contributed by atoms with Gasteiger partial charge in [-0.05, 0) is 74.4 Å². The molecule has 3 N–H and O–H groups in total. The number of nitrogens with zero attached hydrogens (tertiary/aromatic N) is 4. The second kappa shape index (κ2) is 15.2. The Kier molecular flexibility index (Phi) is 11.1. The number of carbonyl (C=O) groups excluding carboxylic acids is 3. The van der Waals surface area contributed by atoms with Gasteiger partial charge in [-0.25, -0.2) is 4.21 Å². The van der Waals surface area contributed by atoms with Crippen molar-refractivity contribution < 1.29 is 18.6 Å². The van der Waals surface area contributed by atoms with E-state index in [4.69, 9.17) is 0 Å². The predicted octanol–water partition coefficient (Wildman–Crippen LogP) is 3.27. The molecule has 0 aliphatic carbocycles. The highest BCUT2D eigenvalue weighted by Crippen LogP contribution is 2.15. The summed E-state index contributed by atoms with van der Waals surface area (Å²) >= 11 is 0. The van der Waals surface area contributed by atoms with Gasteiger partial charge < -0.3 is 15.5 Å². The van der Waals surface area contributed by atoms with Gasteiger partial charge in [0.2, 0.25) is 0 Å². The van der Waals surface area contributed by atoms with Crippen LogP contribution >= 0.6 is 0 Å². The molecule has 2 aromatic carbocycles. The molecule has 0 spiro atoms. The van der Waals surface area contributed by atoms with E-state index in [2.05, 4.69) is 61.9 Å². The van der Waals surface area contributed by atoms with E-state index in [1.54, 1.807) is 55.6 Å². The fourth-order valence-corrected chi connectivity index (χ4v) is 5.70. The maximum Gasteiger partial charge on any atom is 0.273 e. The Labute approximate surface area is 269 Å². The van der Waals surface area contributed by atoms with Gasteiger partial charge in [0.1, 0.15) is 5.69 Å². The van der Waals surface area contributed by atoms with Crippen LogP contribution in [0.5, 0.6) is 0 Å². The van der Waals surface area contributed by atoms with Crippen LogP contribution in [0, 0.1) is 18.8 Å². The van der Waals surface area contributed by atoms with Crippen LogP contribution < -0.4 is 15.4 Å². The van der Waals surface area contributed by atoms with Crippen LogP contribution in [0.3, 0.4) is 0 Å². The molecule has 0 bridgehead atoms. The molecule has 4 rings (SSSR count). The molecule has 12 heteroatoms. The van der Waals surface area contributed by atoms with Crippen LogP contribution in [0.2, 0.25) is 0 Å². The van der Waals surface area contributed by atoms with Gasteiger partial charge in [0.05, 0.1) is 25.9 Å². The average molecular weight is 640 g/mol. The molecule has 0 aliphatic heterocycles. The van der Waals surface area contributed by atoms with Gasteiger partial charge in [-0.3, -0.25) is 28.8 Å². The number of aryl methyl sites for hydroxylation is 2. The predicted molar refractivity (Wildman–Crippen MR) is 180 cm³/mol. The Morgan fingerprint density at radius 3 is 2.37 bits per heavy atom. The summed E-state index contributed by atoms with van der Waals surface area (Å²) in [5, 5.41) is 9.92. The number of carbonyl (C=O) groups is 3. The van der Waals surface area contributed by atoms with Crippen molar-refractivity contribution in [2.45, 2.75) is 25.7 Å². The quantitative estimate of drug-likeness (QED) is 0.169. The first-order valence-electron chi connectivity index (χ1n) is 14.7. The third-order valence-corrected chi connectivity index (χ3v) is 8.58. The molecule has 0 saturated heterocycles. The average Bonchev–Trinajstić information content (AvgIpc) is 3.39. The first-order chi connectivity index (χ1) is 22.0. The van der Waals surface area contributed by atoms with Crippen LogP contribution in [-0.2, 0) is 16.8 Å². The lowest BCUT2D eigenvalue weighted by molar-refractivity contribution is 0.0946. The SMILES string of the molecule is C=S(=O)(NC(=O)c1cncc(C#Cc2cccc(NC(=O)c3cc(C)nn3C)c2)c1)c1cccc(C(=O)NCCN(CC)CC)c1. The maximum absolute atomic E-state index is 13.5. The van der Waals surface area contributed by atoms with Crippen LogP contribution in [0.1, 0.15) is 61.9 Å². The number of benzene rings is 2. The van der Waals surface area contributed by atoms with Crippen molar-refractivity contribution in [3.05, 3.63) is 107 Å². The standard InChI is InChI=1S/C34H37N7O4S/c1-6-41(7-2)17-16-36-32(42)27-11-9-13-30(21-27)46(5,45)39-33(43)28-19-26(22-35-23-28)15-14-25-10-8-12-29(20-25)37-34(44)31-18-24(3)38-40(31)4/h8-13,18-23H,5-7,16-17H2,1-4H3,(H,36,42)(H,37,44)(H,39,43,45). The summed E-state index contributed by atoms with van der Waals surface area (Å²) in [5.41, 5.74) is 3.27. The second-order valence-electron chi connectivity index (χ2n) is 10.5. The van der Waals surface area contributed by atoms with E-state index in [0.29, 0.717) is 34.6 Å². The molecule has 1 atom stereocenters. The van der Waals surface area contributed by atoms with Gasteiger partial charge in [0.15, 0.2) is 0 Å². The molecule has 2 aromatic heterocycles. The number of hydrogen-bond donors (Lipinski definition) is 3. The van der Waals surface area contributed by atoms with Crippen molar-refractivity contribution in [3.63, 3.8) is 0 Å². The smallest absolute Gasteiger partial charge is 0.273 e. The second-order valence-corrected chi connectivity index (χ2v) is 12.5. The van der Waals surface area contributed by atoms with Crippen molar-refractivity contribution in [1.29, 1.82) is 0 Å². The van der Waals surface area contributed by atoms with Crippen molar-refractivity contribution >= 4 is 39.0 Å². The minimum Gasteiger partial charge on any atom is -0.351 e. The topological polar surface area (TPSA) is 138 Å². The summed E-state index contributed by atoms with van der Waals surface area (Å²) in [6.07, 6.45) is 2.84. The molecule has 2 heterocycles. The number of aromatic nitrogens is 3. The van der Waals surface area contributed by atoms with E-state index < -0.39 is 15.6 Å². The molecule has 0 aliphatic rings. The van der Waals surface area contributed by atoms with E-state index in [1.165, 1.54) is 29.2 Å². The lowest BCUT2D eigenvalue weighted by Gasteiger charge is -2.18. The molecular formula is C34H37N7O4S. The number of rotatable bonds is 11. The van der Waals surface area contributed by atoms with Gasteiger partial charge in [0, 0.05) is 54.9 Å². The van der Waals surface area contributed by atoms with Crippen LogP contribution in [0.4, 0.5) is 5.69 Å². The number of hydrogen-bond acceptors (Lipinski definition) is 7.